The van der Waals surface area contributed by atoms with Gasteiger partial charge >= 0.3 is 0 Å². The van der Waals surface area contributed by atoms with Crippen molar-refractivity contribution < 1.29 is 5.11 Å². The highest BCUT2D eigenvalue weighted by atomic mass is 16.3. The lowest BCUT2D eigenvalue weighted by Gasteiger charge is -2.12. The predicted molar refractivity (Wildman–Crippen MR) is 73.0 cm³/mol. The van der Waals surface area contributed by atoms with Crippen LogP contribution in [0.1, 0.15) is 12.8 Å². The fourth-order valence-corrected chi connectivity index (χ4v) is 2.11. The van der Waals surface area contributed by atoms with E-state index in [4.69, 9.17) is 0 Å². The Morgan fingerprint density at radius 3 is 3.00 bits per heavy atom. The van der Waals surface area contributed by atoms with Gasteiger partial charge in [0.1, 0.15) is 0 Å². The molecule has 0 spiro atoms. The molecule has 1 unspecified atom stereocenters. The van der Waals surface area contributed by atoms with Crippen molar-refractivity contribution in [3.8, 4) is 0 Å². The van der Waals surface area contributed by atoms with E-state index in [-0.39, 0.29) is 12.1 Å². The van der Waals surface area contributed by atoms with Gasteiger partial charge in [0.15, 0.2) is 0 Å². The summed E-state index contributed by atoms with van der Waals surface area (Å²) in [5.41, 5.74) is -0.149. The Labute approximate surface area is 110 Å². The van der Waals surface area contributed by atoms with Gasteiger partial charge in [-0.2, -0.15) is 5.10 Å². The number of benzene rings is 1. The molecule has 1 aromatic heterocycles. The van der Waals surface area contributed by atoms with Crippen LogP contribution in [0.25, 0.3) is 10.8 Å². The predicted octanol–water partition coefficient (Wildman–Crippen LogP) is 0.509. The summed E-state index contributed by atoms with van der Waals surface area (Å²) < 4.78 is 1.33. The molecule has 1 heterocycles. The molecule has 1 fully saturated rings. The van der Waals surface area contributed by atoms with E-state index >= 15 is 0 Å². The molecule has 3 rings (SSSR count). The van der Waals surface area contributed by atoms with Gasteiger partial charge in [-0.15, -0.1) is 0 Å². The average Bonchev–Trinajstić information content (AvgIpc) is 3.24. The van der Waals surface area contributed by atoms with Crippen LogP contribution in [0.4, 0.5) is 0 Å². The van der Waals surface area contributed by atoms with Gasteiger partial charge in [0, 0.05) is 18.0 Å². The lowest BCUT2D eigenvalue weighted by Crippen LogP contribution is -2.35. The van der Waals surface area contributed by atoms with Crippen LogP contribution in [0.5, 0.6) is 0 Å². The summed E-state index contributed by atoms with van der Waals surface area (Å²) in [6.07, 6.45) is 3.44. The van der Waals surface area contributed by atoms with Crippen LogP contribution in [0, 0.1) is 0 Å². The summed E-state index contributed by atoms with van der Waals surface area (Å²) in [6, 6.07) is 7.90. The lowest BCUT2D eigenvalue weighted by atomic mass is 10.2. The molecule has 1 aliphatic rings. The van der Waals surface area contributed by atoms with E-state index in [2.05, 4.69) is 10.4 Å². The van der Waals surface area contributed by atoms with Crippen LogP contribution in [0.15, 0.2) is 35.3 Å². The second kappa shape index (κ2) is 5.11. The van der Waals surface area contributed by atoms with Crippen molar-refractivity contribution in [2.24, 2.45) is 0 Å². The van der Waals surface area contributed by atoms with Crippen molar-refractivity contribution in [2.75, 3.05) is 6.54 Å². The normalized spacial score (nSPS) is 16.7. The highest BCUT2D eigenvalue weighted by molar-refractivity contribution is 5.80. The Kier molecular flexibility index (Phi) is 3.31. The average molecular weight is 259 g/mol. The highest BCUT2D eigenvalue weighted by Crippen LogP contribution is 2.18. The molecule has 1 atom stereocenters. The molecule has 5 nitrogen and oxygen atoms in total. The molecule has 1 aromatic carbocycles. The third-order valence-corrected chi connectivity index (χ3v) is 3.37. The SMILES string of the molecule is O=c1c2ccccc2cnn1CC(O)CNC1CC1. The number of nitrogens with one attached hydrogen (secondary N) is 1. The first-order valence-corrected chi connectivity index (χ1v) is 6.60. The Hall–Kier alpha value is -1.72. The monoisotopic (exact) mass is 259 g/mol. The molecular weight excluding hydrogens is 242 g/mol. The van der Waals surface area contributed by atoms with Crippen LogP contribution in [0.3, 0.4) is 0 Å². The molecule has 0 bridgehead atoms. The molecule has 1 saturated carbocycles. The van der Waals surface area contributed by atoms with E-state index in [0.717, 1.165) is 5.39 Å². The van der Waals surface area contributed by atoms with E-state index in [9.17, 15) is 9.90 Å². The summed E-state index contributed by atoms with van der Waals surface area (Å²) in [4.78, 5) is 12.2. The van der Waals surface area contributed by atoms with Crippen molar-refractivity contribution in [3.05, 3.63) is 40.8 Å². The minimum Gasteiger partial charge on any atom is -0.390 e. The van der Waals surface area contributed by atoms with E-state index in [1.54, 1.807) is 12.3 Å². The van der Waals surface area contributed by atoms with Gasteiger partial charge in [-0.1, -0.05) is 18.2 Å². The first kappa shape index (κ1) is 12.3. The van der Waals surface area contributed by atoms with Gasteiger partial charge < -0.3 is 10.4 Å². The maximum Gasteiger partial charge on any atom is 0.274 e. The highest BCUT2D eigenvalue weighted by Gasteiger charge is 2.21. The zero-order valence-electron chi connectivity index (χ0n) is 10.6. The maximum atomic E-state index is 12.2. The topological polar surface area (TPSA) is 67.2 Å². The van der Waals surface area contributed by atoms with Gasteiger partial charge in [-0.25, -0.2) is 4.68 Å². The summed E-state index contributed by atoms with van der Waals surface area (Å²) >= 11 is 0. The minimum absolute atomic E-state index is 0.149. The third kappa shape index (κ3) is 2.83. The molecule has 2 aromatic rings. The number of hydrogen-bond acceptors (Lipinski definition) is 4. The number of rotatable bonds is 5. The molecule has 0 amide bonds. The van der Waals surface area contributed by atoms with Crippen molar-refractivity contribution in [3.63, 3.8) is 0 Å². The quantitative estimate of drug-likeness (QED) is 0.821. The molecule has 0 saturated heterocycles. The smallest absolute Gasteiger partial charge is 0.274 e. The molecule has 19 heavy (non-hydrogen) atoms. The Bertz CT molecular complexity index is 634. The number of nitrogens with zero attached hydrogens (tertiary/aromatic N) is 2. The fourth-order valence-electron chi connectivity index (χ4n) is 2.11. The summed E-state index contributed by atoms with van der Waals surface area (Å²) in [5.74, 6) is 0. The standard InChI is InChI=1S/C14H17N3O2/c18-12(8-15-11-5-6-11)9-17-14(19)13-4-2-1-3-10(13)7-16-17/h1-4,7,11-12,15,18H,5-6,8-9H2. The van der Waals surface area contributed by atoms with Crippen LogP contribution in [-0.4, -0.2) is 33.6 Å². The largest absolute Gasteiger partial charge is 0.390 e. The Balaban J connectivity index is 1.76. The molecular formula is C14H17N3O2. The van der Waals surface area contributed by atoms with Crippen LogP contribution < -0.4 is 10.9 Å². The molecule has 5 heteroatoms. The van der Waals surface area contributed by atoms with E-state index < -0.39 is 6.10 Å². The first-order chi connectivity index (χ1) is 9.24. The maximum absolute atomic E-state index is 12.2. The van der Waals surface area contributed by atoms with E-state index in [1.807, 2.05) is 18.2 Å². The zero-order valence-corrected chi connectivity index (χ0v) is 10.6. The van der Waals surface area contributed by atoms with Crippen molar-refractivity contribution >= 4 is 10.8 Å². The zero-order chi connectivity index (χ0) is 13.2. The van der Waals surface area contributed by atoms with Crippen molar-refractivity contribution in [1.29, 1.82) is 0 Å². The summed E-state index contributed by atoms with van der Waals surface area (Å²) in [6.45, 7) is 0.731. The van der Waals surface area contributed by atoms with Crippen LogP contribution >= 0.6 is 0 Å². The lowest BCUT2D eigenvalue weighted by molar-refractivity contribution is 0.144. The fraction of sp³-hybridized carbons (Fsp3) is 0.429. The molecule has 100 valence electrons. The molecule has 0 radical (unpaired) electrons. The van der Waals surface area contributed by atoms with Gasteiger partial charge in [-0.3, -0.25) is 4.79 Å². The number of hydrogen-bond donors (Lipinski definition) is 2. The second-order valence-corrected chi connectivity index (χ2v) is 5.06. The van der Waals surface area contributed by atoms with Gasteiger partial charge in [-0.05, 0) is 18.9 Å². The molecule has 0 aliphatic heterocycles. The third-order valence-electron chi connectivity index (χ3n) is 3.37. The second-order valence-electron chi connectivity index (χ2n) is 5.06. The van der Waals surface area contributed by atoms with Gasteiger partial charge in [0.05, 0.1) is 24.2 Å². The number of aliphatic hydroxyl groups excluding tert-OH is 1. The van der Waals surface area contributed by atoms with Crippen molar-refractivity contribution in [2.45, 2.75) is 31.5 Å². The summed E-state index contributed by atoms with van der Waals surface area (Å²) in [7, 11) is 0. The van der Waals surface area contributed by atoms with Gasteiger partial charge in [0.25, 0.3) is 5.56 Å². The number of aromatic nitrogens is 2. The van der Waals surface area contributed by atoms with Crippen LogP contribution in [-0.2, 0) is 6.54 Å². The van der Waals surface area contributed by atoms with E-state index in [1.165, 1.54) is 17.5 Å². The molecule has 1 aliphatic carbocycles. The van der Waals surface area contributed by atoms with Crippen molar-refractivity contribution in [1.82, 2.24) is 15.1 Å². The van der Waals surface area contributed by atoms with Gasteiger partial charge in [0.2, 0.25) is 0 Å². The summed E-state index contributed by atoms with van der Waals surface area (Å²) in [5, 5.41) is 18.7. The number of fused-ring (bicyclic) bond motifs is 1. The first-order valence-electron chi connectivity index (χ1n) is 6.60. The number of aliphatic hydroxyl groups is 1. The minimum atomic E-state index is -0.591. The Morgan fingerprint density at radius 2 is 2.21 bits per heavy atom. The Morgan fingerprint density at radius 1 is 1.42 bits per heavy atom. The molecule has 2 N–H and O–H groups in total. The van der Waals surface area contributed by atoms with E-state index in [0.29, 0.717) is 18.0 Å². The van der Waals surface area contributed by atoms with Crippen LogP contribution in [0.2, 0.25) is 0 Å².